The summed E-state index contributed by atoms with van der Waals surface area (Å²) in [5.74, 6) is -0.173. The maximum atomic E-state index is 12.4. The standard InChI is InChI=1S/C21H17ClN4O/c1-14-6-11-17(12-18(14)22)23-21(27)16-9-7-15(8-10-16)13-26-20-5-3-2-4-19(20)24-25-26/h2-12H,13H2,1H3,(H,23,27). The van der Waals surface area contributed by atoms with Crippen LogP contribution in [0.25, 0.3) is 11.0 Å². The topological polar surface area (TPSA) is 59.8 Å². The molecule has 1 amide bonds. The Hall–Kier alpha value is -3.18. The molecule has 1 N–H and O–H groups in total. The van der Waals surface area contributed by atoms with E-state index in [1.807, 2.05) is 60.1 Å². The number of carbonyl (C=O) groups is 1. The Balaban J connectivity index is 1.48. The quantitative estimate of drug-likeness (QED) is 0.562. The van der Waals surface area contributed by atoms with Crippen LogP contribution in [-0.2, 0) is 6.54 Å². The Labute approximate surface area is 161 Å². The molecule has 0 saturated carbocycles. The van der Waals surface area contributed by atoms with E-state index in [1.165, 1.54) is 0 Å². The molecule has 5 nitrogen and oxygen atoms in total. The Morgan fingerprint density at radius 2 is 1.85 bits per heavy atom. The third-order valence-corrected chi connectivity index (χ3v) is 4.81. The van der Waals surface area contributed by atoms with Gasteiger partial charge in [0.2, 0.25) is 0 Å². The average Bonchev–Trinajstić information content (AvgIpc) is 3.08. The maximum absolute atomic E-state index is 12.4. The molecule has 0 aliphatic rings. The van der Waals surface area contributed by atoms with Crippen LogP contribution in [0, 0.1) is 6.92 Å². The minimum Gasteiger partial charge on any atom is -0.322 e. The van der Waals surface area contributed by atoms with Gasteiger partial charge in [0.1, 0.15) is 5.52 Å². The first-order valence-electron chi connectivity index (χ1n) is 8.55. The lowest BCUT2D eigenvalue weighted by Gasteiger charge is -2.08. The van der Waals surface area contributed by atoms with Gasteiger partial charge in [0, 0.05) is 16.3 Å². The van der Waals surface area contributed by atoms with Crippen molar-refractivity contribution in [2.45, 2.75) is 13.5 Å². The zero-order valence-electron chi connectivity index (χ0n) is 14.7. The van der Waals surface area contributed by atoms with Crippen molar-refractivity contribution in [3.8, 4) is 0 Å². The number of aryl methyl sites for hydroxylation is 1. The summed E-state index contributed by atoms with van der Waals surface area (Å²) in [5, 5.41) is 11.8. The molecule has 0 bridgehead atoms. The summed E-state index contributed by atoms with van der Waals surface area (Å²) in [6, 6.07) is 20.8. The number of fused-ring (bicyclic) bond motifs is 1. The van der Waals surface area contributed by atoms with Crippen LogP contribution in [0.5, 0.6) is 0 Å². The normalized spacial score (nSPS) is 10.9. The van der Waals surface area contributed by atoms with Gasteiger partial charge in [-0.25, -0.2) is 4.68 Å². The van der Waals surface area contributed by atoms with Gasteiger partial charge in [0.15, 0.2) is 0 Å². The number of carbonyl (C=O) groups excluding carboxylic acids is 1. The Morgan fingerprint density at radius 3 is 2.63 bits per heavy atom. The summed E-state index contributed by atoms with van der Waals surface area (Å²) >= 11 is 6.11. The number of benzene rings is 3. The van der Waals surface area contributed by atoms with Crippen LogP contribution in [0.3, 0.4) is 0 Å². The second-order valence-electron chi connectivity index (χ2n) is 6.35. The molecule has 134 valence electrons. The molecule has 3 aromatic carbocycles. The zero-order chi connectivity index (χ0) is 18.8. The van der Waals surface area contributed by atoms with Crippen LogP contribution in [0.4, 0.5) is 5.69 Å². The van der Waals surface area contributed by atoms with Gasteiger partial charge in [-0.05, 0) is 54.4 Å². The van der Waals surface area contributed by atoms with Crippen LogP contribution >= 0.6 is 11.6 Å². The van der Waals surface area contributed by atoms with Crippen LogP contribution in [0.15, 0.2) is 66.7 Å². The molecule has 1 heterocycles. The number of halogens is 1. The highest BCUT2D eigenvalue weighted by atomic mass is 35.5. The fraction of sp³-hybridized carbons (Fsp3) is 0.0952. The highest BCUT2D eigenvalue weighted by Gasteiger charge is 2.08. The van der Waals surface area contributed by atoms with Gasteiger partial charge in [-0.3, -0.25) is 4.79 Å². The number of nitrogens with one attached hydrogen (secondary N) is 1. The van der Waals surface area contributed by atoms with Gasteiger partial charge in [-0.15, -0.1) is 5.10 Å². The fourth-order valence-electron chi connectivity index (χ4n) is 2.84. The molecule has 4 rings (SSSR count). The van der Waals surface area contributed by atoms with Gasteiger partial charge < -0.3 is 5.32 Å². The van der Waals surface area contributed by atoms with Gasteiger partial charge in [0.25, 0.3) is 5.91 Å². The minimum absolute atomic E-state index is 0.173. The predicted octanol–water partition coefficient (Wildman–Crippen LogP) is 4.69. The number of amides is 1. The third kappa shape index (κ3) is 3.68. The number of para-hydroxylation sites is 1. The lowest BCUT2D eigenvalue weighted by molar-refractivity contribution is 0.102. The van der Waals surface area contributed by atoms with Crippen LogP contribution in [0.2, 0.25) is 5.02 Å². The summed E-state index contributed by atoms with van der Waals surface area (Å²) in [6.45, 7) is 2.51. The maximum Gasteiger partial charge on any atom is 0.255 e. The zero-order valence-corrected chi connectivity index (χ0v) is 15.4. The molecule has 4 aromatic rings. The van der Waals surface area contributed by atoms with Crippen molar-refractivity contribution in [3.63, 3.8) is 0 Å². The predicted molar refractivity (Wildman–Crippen MR) is 107 cm³/mol. The van der Waals surface area contributed by atoms with E-state index in [4.69, 9.17) is 11.6 Å². The van der Waals surface area contributed by atoms with Gasteiger partial charge >= 0.3 is 0 Å². The molecular weight excluding hydrogens is 360 g/mol. The molecule has 0 radical (unpaired) electrons. The van der Waals surface area contributed by atoms with Crippen molar-refractivity contribution in [3.05, 3.63) is 88.4 Å². The molecular formula is C21H17ClN4O. The first kappa shape index (κ1) is 17.2. The van der Waals surface area contributed by atoms with E-state index in [1.54, 1.807) is 18.2 Å². The smallest absolute Gasteiger partial charge is 0.255 e. The van der Waals surface area contributed by atoms with E-state index in [2.05, 4.69) is 15.6 Å². The van der Waals surface area contributed by atoms with E-state index >= 15 is 0 Å². The monoisotopic (exact) mass is 376 g/mol. The number of anilines is 1. The lowest BCUT2D eigenvalue weighted by Crippen LogP contribution is -2.12. The average molecular weight is 377 g/mol. The van der Waals surface area contributed by atoms with Crippen molar-refractivity contribution in [2.24, 2.45) is 0 Å². The van der Waals surface area contributed by atoms with E-state index < -0.39 is 0 Å². The minimum atomic E-state index is -0.173. The molecule has 27 heavy (non-hydrogen) atoms. The third-order valence-electron chi connectivity index (χ3n) is 4.40. The second-order valence-corrected chi connectivity index (χ2v) is 6.76. The van der Waals surface area contributed by atoms with Crippen LogP contribution < -0.4 is 5.32 Å². The number of hydrogen-bond acceptors (Lipinski definition) is 3. The van der Waals surface area contributed by atoms with Crippen LogP contribution in [0.1, 0.15) is 21.5 Å². The molecule has 0 aliphatic carbocycles. The highest BCUT2D eigenvalue weighted by molar-refractivity contribution is 6.31. The van der Waals surface area contributed by atoms with E-state index in [9.17, 15) is 4.79 Å². The van der Waals surface area contributed by atoms with Crippen molar-refractivity contribution in [1.29, 1.82) is 0 Å². The summed E-state index contributed by atoms with van der Waals surface area (Å²) in [7, 11) is 0. The van der Waals surface area contributed by atoms with Crippen molar-refractivity contribution in [1.82, 2.24) is 15.0 Å². The highest BCUT2D eigenvalue weighted by Crippen LogP contribution is 2.20. The fourth-order valence-corrected chi connectivity index (χ4v) is 3.02. The summed E-state index contributed by atoms with van der Waals surface area (Å²) in [6.07, 6.45) is 0. The van der Waals surface area contributed by atoms with Gasteiger partial charge in [-0.1, -0.05) is 47.1 Å². The van der Waals surface area contributed by atoms with Crippen molar-refractivity contribution in [2.75, 3.05) is 5.32 Å². The van der Waals surface area contributed by atoms with Gasteiger partial charge in [0.05, 0.1) is 12.1 Å². The molecule has 1 aromatic heterocycles. The Bertz CT molecular complexity index is 1120. The summed E-state index contributed by atoms with van der Waals surface area (Å²) in [5.41, 5.74) is 5.12. The SMILES string of the molecule is Cc1ccc(NC(=O)c2ccc(Cn3nnc4ccccc43)cc2)cc1Cl. The molecule has 6 heteroatoms. The molecule has 0 saturated heterocycles. The molecule has 0 fully saturated rings. The first-order valence-corrected chi connectivity index (χ1v) is 8.92. The lowest BCUT2D eigenvalue weighted by atomic mass is 10.1. The van der Waals surface area contributed by atoms with E-state index in [-0.39, 0.29) is 5.91 Å². The summed E-state index contributed by atoms with van der Waals surface area (Å²) in [4.78, 5) is 12.4. The van der Waals surface area contributed by atoms with Crippen molar-refractivity contribution < 1.29 is 4.79 Å². The Morgan fingerprint density at radius 1 is 1.07 bits per heavy atom. The second kappa shape index (κ2) is 7.21. The molecule has 0 aliphatic heterocycles. The van der Waals surface area contributed by atoms with Crippen molar-refractivity contribution >= 4 is 34.2 Å². The van der Waals surface area contributed by atoms with Gasteiger partial charge in [-0.2, -0.15) is 0 Å². The molecule has 0 spiro atoms. The number of hydrogen-bond donors (Lipinski definition) is 1. The largest absolute Gasteiger partial charge is 0.322 e. The molecule has 0 unspecified atom stereocenters. The number of nitrogens with zero attached hydrogens (tertiary/aromatic N) is 3. The summed E-state index contributed by atoms with van der Waals surface area (Å²) < 4.78 is 1.85. The van der Waals surface area contributed by atoms with Crippen LogP contribution in [-0.4, -0.2) is 20.9 Å². The number of aromatic nitrogens is 3. The first-order chi connectivity index (χ1) is 13.1. The molecule has 0 atom stereocenters. The Kier molecular flexibility index (Phi) is 4.60. The van der Waals surface area contributed by atoms with E-state index in [0.29, 0.717) is 22.8 Å². The number of rotatable bonds is 4. The van der Waals surface area contributed by atoms with E-state index in [0.717, 1.165) is 22.2 Å².